The normalized spacial score (nSPS) is 11.0. The Morgan fingerprint density at radius 3 is 2.50 bits per heavy atom. The number of thiophene rings is 1. The molecule has 3 nitrogen and oxygen atoms in total. The number of carbonyl (C=O) groups excluding carboxylic acids is 1. The van der Waals surface area contributed by atoms with Crippen LogP contribution in [-0.4, -0.2) is 12.9 Å². The SMILES string of the molecule is COc1ccc(/C=C/C(=O)c2ccc(Cl)s2)cc1COc1ccc(Cl)cc1Cl. The summed E-state index contributed by atoms with van der Waals surface area (Å²) in [6.07, 6.45) is 3.26. The lowest BCUT2D eigenvalue weighted by Crippen LogP contribution is -2.00. The molecule has 0 spiro atoms. The molecule has 0 radical (unpaired) electrons. The lowest BCUT2D eigenvalue weighted by molar-refractivity contribution is 0.105. The van der Waals surface area contributed by atoms with E-state index in [2.05, 4.69) is 0 Å². The topological polar surface area (TPSA) is 35.5 Å². The minimum atomic E-state index is -0.0986. The van der Waals surface area contributed by atoms with Crippen molar-refractivity contribution in [3.05, 3.63) is 85.0 Å². The van der Waals surface area contributed by atoms with Gasteiger partial charge in [0.1, 0.15) is 18.1 Å². The summed E-state index contributed by atoms with van der Waals surface area (Å²) in [5.74, 6) is 1.11. The van der Waals surface area contributed by atoms with Crippen LogP contribution in [0.15, 0.2) is 54.6 Å². The zero-order chi connectivity index (χ0) is 20.1. The molecule has 0 fully saturated rings. The lowest BCUT2D eigenvalue weighted by Gasteiger charge is -2.12. The Morgan fingerprint density at radius 1 is 1.04 bits per heavy atom. The fourth-order valence-corrected chi connectivity index (χ4v) is 3.89. The summed E-state index contributed by atoms with van der Waals surface area (Å²) in [5.41, 5.74) is 1.67. The molecule has 0 bridgehead atoms. The highest BCUT2D eigenvalue weighted by atomic mass is 35.5. The van der Waals surface area contributed by atoms with E-state index in [1.807, 2.05) is 18.2 Å². The van der Waals surface area contributed by atoms with Gasteiger partial charge >= 0.3 is 0 Å². The molecule has 0 unspecified atom stereocenters. The predicted octanol–water partition coefficient (Wildman–Crippen LogP) is 7.19. The molecule has 3 rings (SSSR count). The molecule has 0 saturated carbocycles. The average molecular weight is 454 g/mol. The molecule has 1 heterocycles. The molecule has 0 aliphatic rings. The first-order valence-electron chi connectivity index (χ1n) is 8.19. The molecule has 2 aromatic carbocycles. The summed E-state index contributed by atoms with van der Waals surface area (Å²) in [6.45, 7) is 0.251. The average Bonchev–Trinajstić information content (AvgIpc) is 3.12. The number of hydrogen-bond donors (Lipinski definition) is 0. The van der Waals surface area contributed by atoms with Crippen molar-refractivity contribution in [2.24, 2.45) is 0 Å². The van der Waals surface area contributed by atoms with Crippen LogP contribution in [0.1, 0.15) is 20.8 Å². The third-order valence-corrected chi connectivity index (χ3v) is 5.60. The second kappa shape index (κ2) is 9.48. The monoisotopic (exact) mass is 452 g/mol. The number of carbonyl (C=O) groups is 1. The third kappa shape index (κ3) is 5.30. The van der Waals surface area contributed by atoms with Gasteiger partial charge in [-0.1, -0.05) is 46.9 Å². The van der Waals surface area contributed by atoms with Crippen LogP contribution in [0.2, 0.25) is 14.4 Å². The van der Waals surface area contributed by atoms with E-state index in [-0.39, 0.29) is 12.4 Å². The molecule has 28 heavy (non-hydrogen) atoms. The van der Waals surface area contributed by atoms with Gasteiger partial charge in [0.05, 0.1) is 21.3 Å². The van der Waals surface area contributed by atoms with Crippen molar-refractivity contribution >= 4 is 58.0 Å². The summed E-state index contributed by atoms with van der Waals surface area (Å²) in [5, 5.41) is 0.974. The number of rotatable bonds is 7. The van der Waals surface area contributed by atoms with E-state index in [1.54, 1.807) is 43.5 Å². The highest BCUT2D eigenvalue weighted by Gasteiger charge is 2.09. The Bertz CT molecular complexity index is 1030. The van der Waals surface area contributed by atoms with E-state index in [1.165, 1.54) is 17.4 Å². The van der Waals surface area contributed by atoms with Crippen LogP contribution in [0.5, 0.6) is 11.5 Å². The van der Waals surface area contributed by atoms with Crippen molar-refractivity contribution in [1.29, 1.82) is 0 Å². The van der Waals surface area contributed by atoms with E-state index < -0.39 is 0 Å². The van der Waals surface area contributed by atoms with Crippen LogP contribution in [0.25, 0.3) is 6.08 Å². The number of benzene rings is 2. The highest BCUT2D eigenvalue weighted by Crippen LogP contribution is 2.30. The van der Waals surface area contributed by atoms with Gasteiger partial charge in [-0.05, 0) is 54.1 Å². The lowest BCUT2D eigenvalue weighted by atomic mass is 10.1. The minimum Gasteiger partial charge on any atom is -0.496 e. The second-order valence-corrected chi connectivity index (χ2v) is 8.29. The van der Waals surface area contributed by atoms with Gasteiger partial charge in [-0.3, -0.25) is 4.79 Å². The molecule has 144 valence electrons. The quantitative estimate of drug-likeness (QED) is 0.280. The van der Waals surface area contributed by atoms with Crippen molar-refractivity contribution in [3.63, 3.8) is 0 Å². The van der Waals surface area contributed by atoms with Crippen molar-refractivity contribution < 1.29 is 14.3 Å². The van der Waals surface area contributed by atoms with Gasteiger partial charge in [0.15, 0.2) is 5.78 Å². The third-order valence-electron chi connectivity index (χ3n) is 3.82. The predicted molar refractivity (Wildman–Crippen MR) is 116 cm³/mol. The van der Waals surface area contributed by atoms with Gasteiger partial charge in [0, 0.05) is 10.6 Å². The van der Waals surface area contributed by atoms with Crippen molar-refractivity contribution in [3.8, 4) is 11.5 Å². The number of halogens is 3. The first-order chi connectivity index (χ1) is 13.5. The number of allylic oxidation sites excluding steroid dienone is 1. The largest absolute Gasteiger partial charge is 0.496 e. The molecule has 1 aromatic heterocycles. The molecule has 0 N–H and O–H groups in total. The number of hydrogen-bond acceptors (Lipinski definition) is 4. The van der Waals surface area contributed by atoms with Gasteiger partial charge in [0.25, 0.3) is 0 Å². The molecule has 0 aliphatic carbocycles. The molecule has 7 heteroatoms. The molecule has 0 atom stereocenters. The molecule has 3 aromatic rings. The van der Waals surface area contributed by atoms with Gasteiger partial charge in [-0.2, -0.15) is 0 Å². The first kappa shape index (κ1) is 20.7. The van der Waals surface area contributed by atoms with Gasteiger partial charge in [0.2, 0.25) is 0 Å². The summed E-state index contributed by atoms with van der Waals surface area (Å²) in [6, 6.07) is 14.1. The van der Waals surface area contributed by atoms with Crippen LogP contribution in [0.4, 0.5) is 0 Å². The van der Waals surface area contributed by atoms with Crippen molar-refractivity contribution in [2.45, 2.75) is 6.61 Å². The summed E-state index contributed by atoms with van der Waals surface area (Å²) >= 11 is 19.2. The van der Waals surface area contributed by atoms with Crippen molar-refractivity contribution in [2.75, 3.05) is 7.11 Å². The molecular weight excluding hydrogens is 439 g/mol. The van der Waals surface area contributed by atoms with E-state index in [0.717, 1.165) is 11.1 Å². The van der Waals surface area contributed by atoms with Crippen LogP contribution >= 0.6 is 46.1 Å². The summed E-state index contributed by atoms with van der Waals surface area (Å²) in [4.78, 5) is 12.8. The van der Waals surface area contributed by atoms with Gasteiger partial charge < -0.3 is 9.47 Å². The number of methoxy groups -OCH3 is 1. The fourth-order valence-electron chi connectivity index (χ4n) is 2.46. The highest BCUT2D eigenvalue weighted by molar-refractivity contribution is 7.18. The van der Waals surface area contributed by atoms with E-state index >= 15 is 0 Å². The van der Waals surface area contributed by atoms with Crippen molar-refractivity contribution in [1.82, 2.24) is 0 Å². The van der Waals surface area contributed by atoms with Crippen LogP contribution < -0.4 is 9.47 Å². The zero-order valence-corrected chi connectivity index (χ0v) is 17.8. The maximum absolute atomic E-state index is 12.2. The van der Waals surface area contributed by atoms with Gasteiger partial charge in [-0.25, -0.2) is 0 Å². The van der Waals surface area contributed by atoms with E-state index in [4.69, 9.17) is 44.3 Å². The Balaban J connectivity index is 1.75. The zero-order valence-electron chi connectivity index (χ0n) is 14.7. The minimum absolute atomic E-state index is 0.0986. The Kier molecular flexibility index (Phi) is 7.03. The maximum Gasteiger partial charge on any atom is 0.195 e. The molecular formula is C21H15Cl3O3S. The van der Waals surface area contributed by atoms with Crippen LogP contribution in [-0.2, 0) is 6.61 Å². The second-order valence-electron chi connectivity index (χ2n) is 5.74. The summed E-state index contributed by atoms with van der Waals surface area (Å²) < 4.78 is 11.8. The standard InChI is InChI=1S/C21H15Cl3O3S/c1-26-18-6-3-13(2-5-17(25)20-8-9-21(24)28-20)10-14(18)12-27-19-7-4-15(22)11-16(19)23/h2-11H,12H2,1H3/b5-2+. The number of ketones is 1. The van der Waals surface area contributed by atoms with E-state index in [0.29, 0.717) is 30.8 Å². The molecule has 0 aliphatic heterocycles. The maximum atomic E-state index is 12.2. The Morgan fingerprint density at radius 2 is 1.82 bits per heavy atom. The first-order valence-corrected chi connectivity index (χ1v) is 10.1. The number of ether oxygens (including phenoxy) is 2. The Hall–Kier alpha value is -1.98. The molecule has 0 amide bonds. The smallest absolute Gasteiger partial charge is 0.195 e. The fraction of sp³-hybridized carbons (Fsp3) is 0.0952. The van der Waals surface area contributed by atoms with Crippen LogP contribution in [0, 0.1) is 0 Å². The Labute approximate surface area is 182 Å². The van der Waals surface area contributed by atoms with E-state index in [9.17, 15) is 4.79 Å². The molecule has 0 saturated heterocycles. The summed E-state index contributed by atoms with van der Waals surface area (Å²) in [7, 11) is 1.59. The van der Waals surface area contributed by atoms with Crippen LogP contribution in [0.3, 0.4) is 0 Å². The van der Waals surface area contributed by atoms with Gasteiger partial charge in [-0.15, -0.1) is 11.3 Å².